The van der Waals surface area contributed by atoms with E-state index >= 15 is 0 Å². The van der Waals surface area contributed by atoms with E-state index in [0.29, 0.717) is 23.2 Å². The fourth-order valence-corrected chi connectivity index (χ4v) is 3.38. The summed E-state index contributed by atoms with van der Waals surface area (Å²) in [5.41, 5.74) is 1.24. The molecular weight excluding hydrogens is 367 g/mol. The van der Waals surface area contributed by atoms with Gasteiger partial charge in [-0.2, -0.15) is 0 Å². The first kappa shape index (κ1) is 17.9. The number of hydrogen-bond donors (Lipinski definition) is 2. The van der Waals surface area contributed by atoms with Crippen LogP contribution in [-0.4, -0.2) is 46.0 Å². The van der Waals surface area contributed by atoms with E-state index in [1.54, 1.807) is 6.07 Å². The molecule has 0 unspecified atom stereocenters. The Labute approximate surface area is 161 Å². The highest BCUT2D eigenvalue weighted by atomic mass is 35.5. The molecule has 0 aliphatic carbocycles. The van der Waals surface area contributed by atoms with Crippen LogP contribution in [0.15, 0.2) is 36.7 Å². The Morgan fingerprint density at radius 1 is 1.15 bits per heavy atom. The number of piperidine rings is 1. The van der Waals surface area contributed by atoms with Crippen molar-refractivity contribution < 1.29 is 4.39 Å². The topological polar surface area (TPSA) is 66.0 Å². The van der Waals surface area contributed by atoms with Gasteiger partial charge in [-0.05, 0) is 63.3 Å². The largest absolute Gasteiger partial charge is 0.367 e. The molecule has 4 rings (SSSR count). The van der Waals surface area contributed by atoms with Crippen molar-refractivity contribution in [3.05, 3.63) is 47.5 Å². The van der Waals surface area contributed by atoms with Crippen molar-refractivity contribution >= 4 is 40.0 Å². The van der Waals surface area contributed by atoms with Crippen LogP contribution in [-0.2, 0) is 0 Å². The van der Waals surface area contributed by atoms with Crippen LogP contribution in [0.3, 0.4) is 0 Å². The Bertz CT molecular complexity index is 958. The van der Waals surface area contributed by atoms with Crippen molar-refractivity contribution in [3.63, 3.8) is 0 Å². The molecule has 8 heteroatoms. The average molecular weight is 387 g/mol. The highest BCUT2D eigenvalue weighted by Gasteiger charge is 2.17. The summed E-state index contributed by atoms with van der Waals surface area (Å²) in [4.78, 5) is 15.5. The van der Waals surface area contributed by atoms with E-state index < -0.39 is 5.82 Å². The molecule has 1 aliphatic heterocycles. The molecule has 1 aliphatic rings. The quantitative estimate of drug-likeness (QED) is 0.704. The standard InChI is InChI=1S/C19H20ClFN6/c1-27-8-6-12(7-9-27)24-17-5-3-14-18(22-11-23-19(14)26-17)25-13-2-4-16(21)15(20)10-13/h2-5,10-12H,6-9H2,1H3,(H2,22,23,24,25,26). The van der Waals surface area contributed by atoms with Gasteiger partial charge in [-0.15, -0.1) is 0 Å². The number of halogens is 2. The summed E-state index contributed by atoms with van der Waals surface area (Å²) in [6.45, 7) is 2.17. The summed E-state index contributed by atoms with van der Waals surface area (Å²) in [6.07, 6.45) is 3.65. The molecule has 0 atom stereocenters. The molecule has 3 aromatic rings. The van der Waals surface area contributed by atoms with Gasteiger partial charge in [0, 0.05) is 11.7 Å². The summed E-state index contributed by atoms with van der Waals surface area (Å²) in [7, 11) is 2.14. The zero-order chi connectivity index (χ0) is 18.8. The van der Waals surface area contributed by atoms with Gasteiger partial charge in [0.15, 0.2) is 5.65 Å². The number of rotatable bonds is 4. The number of nitrogens with one attached hydrogen (secondary N) is 2. The van der Waals surface area contributed by atoms with Crippen LogP contribution < -0.4 is 10.6 Å². The first-order chi connectivity index (χ1) is 13.1. The first-order valence-electron chi connectivity index (χ1n) is 8.87. The van der Waals surface area contributed by atoms with Crippen molar-refractivity contribution in [2.75, 3.05) is 30.8 Å². The van der Waals surface area contributed by atoms with Crippen LogP contribution >= 0.6 is 11.6 Å². The second kappa shape index (κ2) is 7.62. The van der Waals surface area contributed by atoms with Gasteiger partial charge in [0.2, 0.25) is 0 Å². The van der Waals surface area contributed by atoms with Gasteiger partial charge in [0.05, 0.1) is 10.4 Å². The van der Waals surface area contributed by atoms with E-state index in [1.807, 2.05) is 12.1 Å². The second-order valence-corrected chi connectivity index (χ2v) is 7.17. The smallest absolute Gasteiger partial charge is 0.166 e. The number of aromatic nitrogens is 3. The summed E-state index contributed by atoms with van der Waals surface area (Å²) >= 11 is 5.85. The molecule has 1 aromatic carbocycles. The summed E-state index contributed by atoms with van der Waals surface area (Å²) < 4.78 is 13.3. The highest BCUT2D eigenvalue weighted by molar-refractivity contribution is 6.31. The molecule has 1 fully saturated rings. The minimum Gasteiger partial charge on any atom is -0.367 e. The van der Waals surface area contributed by atoms with Crippen LogP contribution in [0.25, 0.3) is 11.0 Å². The first-order valence-corrected chi connectivity index (χ1v) is 9.25. The van der Waals surface area contributed by atoms with E-state index in [2.05, 4.69) is 37.5 Å². The molecule has 2 aromatic heterocycles. The molecule has 6 nitrogen and oxygen atoms in total. The van der Waals surface area contributed by atoms with Gasteiger partial charge in [-0.25, -0.2) is 19.3 Å². The van der Waals surface area contributed by atoms with E-state index in [9.17, 15) is 4.39 Å². The molecule has 0 saturated carbocycles. The minimum absolute atomic E-state index is 0.0566. The van der Waals surface area contributed by atoms with E-state index in [-0.39, 0.29) is 5.02 Å². The maximum atomic E-state index is 13.3. The molecule has 0 spiro atoms. The number of nitrogens with zero attached hydrogens (tertiary/aromatic N) is 4. The third-order valence-electron chi connectivity index (χ3n) is 4.75. The van der Waals surface area contributed by atoms with E-state index in [4.69, 9.17) is 11.6 Å². The Morgan fingerprint density at radius 2 is 1.96 bits per heavy atom. The lowest BCUT2D eigenvalue weighted by molar-refractivity contribution is 0.263. The van der Waals surface area contributed by atoms with Gasteiger partial charge in [-0.1, -0.05) is 11.6 Å². The fourth-order valence-electron chi connectivity index (χ4n) is 3.20. The van der Waals surface area contributed by atoms with Crippen molar-refractivity contribution in [3.8, 4) is 0 Å². The number of anilines is 3. The second-order valence-electron chi connectivity index (χ2n) is 6.77. The number of hydrogen-bond acceptors (Lipinski definition) is 6. The van der Waals surface area contributed by atoms with E-state index in [1.165, 1.54) is 18.5 Å². The lowest BCUT2D eigenvalue weighted by Gasteiger charge is -2.29. The number of pyridine rings is 1. The molecule has 3 heterocycles. The number of likely N-dealkylation sites (tertiary alicyclic amines) is 1. The van der Waals surface area contributed by atoms with Gasteiger partial charge >= 0.3 is 0 Å². The summed E-state index contributed by atoms with van der Waals surface area (Å²) in [5, 5.41) is 7.49. The molecule has 1 saturated heterocycles. The maximum absolute atomic E-state index is 13.3. The van der Waals surface area contributed by atoms with Gasteiger partial charge in [0.25, 0.3) is 0 Å². The number of benzene rings is 1. The zero-order valence-corrected chi connectivity index (χ0v) is 15.7. The lowest BCUT2D eigenvalue weighted by Crippen LogP contribution is -2.36. The molecular formula is C19H20ClFN6. The van der Waals surface area contributed by atoms with Crippen LogP contribution in [0.1, 0.15) is 12.8 Å². The molecule has 27 heavy (non-hydrogen) atoms. The van der Waals surface area contributed by atoms with Gasteiger partial charge in [0.1, 0.15) is 23.8 Å². The fraction of sp³-hybridized carbons (Fsp3) is 0.316. The molecule has 0 bridgehead atoms. The van der Waals surface area contributed by atoms with Crippen LogP contribution in [0.5, 0.6) is 0 Å². The van der Waals surface area contributed by atoms with Crippen LogP contribution in [0.4, 0.5) is 21.7 Å². The van der Waals surface area contributed by atoms with Crippen molar-refractivity contribution in [2.24, 2.45) is 0 Å². The number of fused-ring (bicyclic) bond motifs is 1. The van der Waals surface area contributed by atoms with Crippen molar-refractivity contribution in [1.82, 2.24) is 19.9 Å². The normalized spacial score (nSPS) is 15.8. The third-order valence-corrected chi connectivity index (χ3v) is 5.04. The van der Waals surface area contributed by atoms with E-state index in [0.717, 1.165) is 37.1 Å². The Kier molecular flexibility index (Phi) is 5.05. The molecule has 140 valence electrons. The van der Waals surface area contributed by atoms with Crippen LogP contribution in [0, 0.1) is 5.82 Å². The molecule has 0 radical (unpaired) electrons. The summed E-state index contributed by atoms with van der Waals surface area (Å²) in [5.74, 6) is 0.952. The van der Waals surface area contributed by atoms with Crippen LogP contribution in [0.2, 0.25) is 5.02 Å². The summed E-state index contributed by atoms with van der Waals surface area (Å²) in [6, 6.07) is 8.75. The molecule has 0 amide bonds. The van der Waals surface area contributed by atoms with Gasteiger partial charge < -0.3 is 15.5 Å². The molecule has 2 N–H and O–H groups in total. The SMILES string of the molecule is CN1CCC(Nc2ccc3c(Nc4ccc(F)c(Cl)c4)ncnc3n2)CC1. The Morgan fingerprint density at radius 3 is 2.74 bits per heavy atom. The maximum Gasteiger partial charge on any atom is 0.166 e. The van der Waals surface area contributed by atoms with Crippen molar-refractivity contribution in [1.29, 1.82) is 0 Å². The predicted molar refractivity (Wildman–Crippen MR) is 106 cm³/mol. The monoisotopic (exact) mass is 386 g/mol. The highest BCUT2D eigenvalue weighted by Crippen LogP contribution is 2.26. The Balaban J connectivity index is 1.55. The average Bonchev–Trinajstić information content (AvgIpc) is 2.67. The zero-order valence-electron chi connectivity index (χ0n) is 14.9. The lowest BCUT2D eigenvalue weighted by atomic mass is 10.1. The van der Waals surface area contributed by atoms with Crippen molar-refractivity contribution in [2.45, 2.75) is 18.9 Å². The van der Waals surface area contributed by atoms with Gasteiger partial charge in [-0.3, -0.25) is 0 Å². The third kappa shape index (κ3) is 4.09. The Hall–Kier alpha value is -2.51. The predicted octanol–water partition coefficient (Wildman–Crippen LogP) is 4.07. The minimum atomic E-state index is -0.457.